The van der Waals surface area contributed by atoms with Crippen LogP contribution in [0.15, 0.2) is 35.1 Å². The number of ether oxygens (including phenoxy) is 1. The van der Waals surface area contributed by atoms with Crippen molar-refractivity contribution >= 4 is 11.5 Å². The number of rotatable bonds is 3. The Bertz CT molecular complexity index is 1270. The van der Waals surface area contributed by atoms with Crippen LogP contribution in [0.5, 0.6) is 5.75 Å². The van der Waals surface area contributed by atoms with E-state index in [2.05, 4.69) is 30.0 Å². The summed E-state index contributed by atoms with van der Waals surface area (Å²) in [6.45, 7) is 0.166. The highest BCUT2D eigenvalue weighted by atomic mass is 19.4. The number of nitrogens with one attached hydrogen (secondary N) is 1. The van der Waals surface area contributed by atoms with Gasteiger partial charge < -0.3 is 19.0 Å². The number of fused-ring (bicyclic) bond motifs is 2. The molecule has 0 fully saturated rings. The molecule has 0 amide bonds. The summed E-state index contributed by atoms with van der Waals surface area (Å²) in [4.78, 5) is 8.54. The molecule has 1 atom stereocenters. The lowest BCUT2D eigenvalue weighted by molar-refractivity contribution is -0.274. The van der Waals surface area contributed by atoms with Gasteiger partial charge in [-0.3, -0.25) is 0 Å². The average molecular weight is 459 g/mol. The fraction of sp³-hybridized carbons (Fsp3) is 0.294. The molecule has 4 aromatic heterocycles. The summed E-state index contributed by atoms with van der Waals surface area (Å²) in [5, 5.41) is 10.9. The highest BCUT2D eigenvalue weighted by Crippen LogP contribution is 2.39. The maximum Gasteiger partial charge on any atom is 0.573 e. The van der Waals surface area contributed by atoms with Gasteiger partial charge in [-0.15, -0.1) is 18.3 Å². The van der Waals surface area contributed by atoms with Crippen LogP contribution in [0.25, 0.3) is 5.52 Å². The summed E-state index contributed by atoms with van der Waals surface area (Å²) in [6, 6.07) is 2.46. The van der Waals surface area contributed by atoms with Crippen molar-refractivity contribution in [3.8, 4) is 5.75 Å². The molecule has 1 aliphatic heterocycles. The van der Waals surface area contributed by atoms with Crippen molar-refractivity contribution < 1.29 is 35.5 Å². The normalized spacial score (nSPS) is 17.1. The van der Waals surface area contributed by atoms with Gasteiger partial charge in [0.25, 0.3) is 0 Å². The van der Waals surface area contributed by atoms with Gasteiger partial charge in [0.05, 0.1) is 17.7 Å². The van der Waals surface area contributed by atoms with Crippen LogP contribution in [0, 0.1) is 0 Å². The molecule has 0 aliphatic carbocycles. The maximum atomic E-state index is 12.9. The first-order chi connectivity index (χ1) is 15.1. The van der Waals surface area contributed by atoms with Gasteiger partial charge in [-0.2, -0.15) is 18.3 Å². The zero-order valence-corrected chi connectivity index (χ0v) is 15.6. The third-order valence-corrected chi connectivity index (χ3v) is 4.82. The summed E-state index contributed by atoms with van der Waals surface area (Å²) >= 11 is 0. The summed E-state index contributed by atoms with van der Waals surface area (Å²) in [7, 11) is 0. The van der Waals surface area contributed by atoms with Crippen LogP contribution in [-0.4, -0.2) is 42.7 Å². The predicted octanol–water partition coefficient (Wildman–Crippen LogP) is 3.51. The van der Waals surface area contributed by atoms with Gasteiger partial charge in [0.15, 0.2) is 5.75 Å². The van der Waals surface area contributed by atoms with E-state index in [0.717, 1.165) is 6.07 Å². The number of halogens is 6. The number of H-pyrrole nitrogens is 1. The molecule has 32 heavy (non-hydrogen) atoms. The second-order valence-electron chi connectivity index (χ2n) is 6.82. The highest BCUT2D eigenvalue weighted by molar-refractivity contribution is 5.61. The molecule has 15 heteroatoms. The Hall–Kier alpha value is -3.78. The fourth-order valence-electron chi connectivity index (χ4n) is 3.58. The van der Waals surface area contributed by atoms with Crippen molar-refractivity contribution in [3.05, 3.63) is 53.7 Å². The molecule has 0 saturated carbocycles. The molecule has 0 bridgehead atoms. The van der Waals surface area contributed by atoms with Crippen LogP contribution in [0.1, 0.15) is 29.0 Å². The van der Waals surface area contributed by atoms with Crippen LogP contribution >= 0.6 is 0 Å². The zero-order valence-electron chi connectivity index (χ0n) is 15.6. The van der Waals surface area contributed by atoms with Crippen molar-refractivity contribution in [2.75, 3.05) is 11.4 Å². The number of imidazole rings is 1. The van der Waals surface area contributed by atoms with E-state index in [-0.39, 0.29) is 17.8 Å². The molecule has 0 radical (unpaired) electrons. The molecule has 5 rings (SSSR count). The number of nitrogens with zero attached hydrogens (tertiary/aromatic N) is 6. The minimum atomic E-state index is -4.92. The van der Waals surface area contributed by atoms with E-state index in [4.69, 9.17) is 4.42 Å². The molecule has 0 spiro atoms. The van der Waals surface area contributed by atoms with Gasteiger partial charge in [0.1, 0.15) is 11.6 Å². The first-order valence-corrected chi connectivity index (χ1v) is 9.04. The van der Waals surface area contributed by atoms with Gasteiger partial charge in [-0.05, 0) is 18.2 Å². The lowest BCUT2D eigenvalue weighted by atomic mass is 10.0. The SMILES string of the molecule is FC(F)(F)Oc1cccn2nc([C@H]3c4nc[nH]c4CCN3c3nnc(C(F)(F)F)o3)cc12. The lowest BCUT2D eigenvalue weighted by Gasteiger charge is -2.32. The molecule has 9 nitrogen and oxygen atoms in total. The van der Waals surface area contributed by atoms with E-state index < -0.39 is 36.2 Å². The van der Waals surface area contributed by atoms with E-state index in [1.165, 1.54) is 34.1 Å². The second kappa shape index (κ2) is 6.86. The van der Waals surface area contributed by atoms with Crippen LogP contribution in [-0.2, 0) is 12.6 Å². The number of aromatic amines is 1. The third kappa shape index (κ3) is 3.48. The minimum absolute atomic E-state index is 0.00365. The monoisotopic (exact) mass is 459 g/mol. The van der Waals surface area contributed by atoms with Gasteiger partial charge >= 0.3 is 24.4 Å². The molecule has 1 aliphatic rings. The third-order valence-electron chi connectivity index (χ3n) is 4.82. The fourth-order valence-corrected chi connectivity index (χ4v) is 3.58. The molecule has 0 saturated heterocycles. The first-order valence-electron chi connectivity index (χ1n) is 9.04. The van der Waals surface area contributed by atoms with Crippen LogP contribution in [0.3, 0.4) is 0 Å². The number of alkyl halides is 6. The minimum Gasteiger partial charge on any atom is -0.403 e. The molecule has 0 aromatic carbocycles. The van der Waals surface area contributed by atoms with Gasteiger partial charge in [0.2, 0.25) is 0 Å². The summed E-state index contributed by atoms with van der Waals surface area (Å²) < 4.78 is 87.2. The standard InChI is InChI=1S/C17H11F6N7O2/c18-16(19,20)14-26-27-15(31-14)29-5-3-8-12(25-7-24-8)13(29)9-6-10-11(32-17(21,22)23)2-1-4-30(10)28-9/h1-2,4,6-7,13H,3,5H2,(H,24,25)/t13-/m0/s1. The zero-order chi connectivity index (χ0) is 22.7. The van der Waals surface area contributed by atoms with E-state index >= 15 is 0 Å². The summed E-state index contributed by atoms with van der Waals surface area (Å²) in [5.41, 5.74) is 1.32. The van der Waals surface area contributed by atoms with Crippen molar-refractivity contribution in [1.82, 2.24) is 29.8 Å². The predicted molar refractivity (Wildman–Crippen MR) is 92.7 cm³/mol. The second-order valence-corrected chi connectivity index (χ2v) is 6.82. The molecule has 1 N–H and O–H groups in total. The maximum absolute atomic E-state index is 12.9. The molecule has 0 unspecified atom stereocenters. The average Bonchev–Trinajstić information content (AvgIpc) is 3.43. The van der Waals surface area contributed by atoms with Gasteiger partial charge in [0, 0.05) is 24.9 Å². The smallest absolute Gasteiger partial charge is 0.403 e. The number of anilines is 1. The number of pyridine rings is 1. The Kier molecular flexibility index (Phi) is 4.32. The van der Waals surface area contributed by atoms with Gasteiger partial charge in [-0.1, -0.05) is 5.10 Å². The van der Waals surface area contributed by atoms with E-state index in [9.17, 15) is 26.3 Å². The van der Waals surface area contributed by atoms with Crippen LogP contribution in [0.2, 0.25) is 0 Å². The largest absolute Gasteiger partial charge is 0.573 e. The summed E-state index contributed by atoms with van der Waals surface area (Å²) in [5.74, 6) is -2.00. The van der Waals surface area contributed by atoms with E-state index in [1.807, 2.05) is 0 Å². The Balaban J connectivity index is 1.61. The first kappa shape index (κ1) is 20.1. The van der Waals surface area contributed by atoms with Crippen molar-refractivity contribution in [2.24, 2.45) is 0 Å². The molecule has 4 aromatic rings. The van der Waals surface area contributed by atoms with Crippen molar-refractivity contribution in [1.29, 1.82) is 0 Å². The number of hydrogen-bond donors (Lipinski definition) is 1. The van der Waals surface area contributed by atoms with Gasteiger partial charge in [-0.25, -0.2) is 9.50 Å². The van der Waals surface area contributed by atoms with Crippen molar-refractivity contribution in [2.45, 2.75) is 25.0 Å². The number of hydrogen-bond acceptors (Lipinski definition) is 7. The Morgan fingerprint density at radius 3 is 2.69 bits per heavy atom. The van der Waals surface area contributed by atoms with E-state index in [0.29, 0.717) is 17.8 Å². The Morgan fingerprint density at radius 1 is 1.16 bits per heavy atom. The molecular formula is C17H11F6N7O2. The Morgan fingerprint density at radius 2 is 1.97 bits per heavy atom. The lowest BCUT2D eigenvalue weighted by Crippen LogP contribution is -2.37. The van der Waals surface area contributed by atoms with Crippen molar-refractivity contribution in [3.63, 3.8) is 0 Å². The quantitative estimate of drug-likeness (QED) is 0.469. The van der Waals surface area contributed by atoms with E-state index in [1.54, 1.807) is 0 Å². The highest BCUT2D eigenvalue weighted by Gasteiger charge is 2.41. The summed E-state index contributed by atoms with van der Waals surface area (Å²) in [6.07, 6.45) is -6.55. The topological polar surface area (TPSA) is 97.4 Å². The van der Waals surface area contributed by atoms with Crippen LogP contribution < -0.4 is 9.64 Å². The van der Waals surface area contributed by atoms with Crippen LogP contribution in [0.4, 0.5) is 32.4 Å². The number of aromatic nitrogens is 6. The Labute approximate surface area is 173 Å². The molecule has 168 valence electrons. The molecule has 5 heterocycles. The molecular weight excluding hydrogens is 448 g/mol.